The number of aromatic nitrogens is 1. The number of fused-ring (bicyclic) bond motifs is 1. The summed E-state index contributed by atoms with van der Waals surface area (Å²) in [6.07, 6.45) is 1.47. The zero-order valence-electron chi connectivity index (χ0n) is 11.7. The molecule has 0 atom stereocenters. The largest absolute Gasteiger partial charge is 0.289 e. The number of hydrogen-bond acceptors (Lipinski definition) is 5. The second-order valence-corrected chi connectivity index (χ2v) is 6.36. The highest BCUT2D eigenvalue weighted by Crippen LogP contribution is 2.28. The molecule has 0 spiro atoms. The van der Waals surface area contributed by atoms with Crippen molar-refractivity contribution in [2.24, 2.45) is 0 Å². The predicted octanol–water partition coefficient (Wildman–Crippen LogP) is 2.94. The molecule has 0 bridgehead atoms. The van der Waals surface area contributed by atoms with E-state index in [1.807, 2.05) is 0 Å². The van der Waals surface area contributed by atoms with Crippen LogP contribution < -0.4 is 4.72 Å². The van der Waals surface area contributed by atoms with Gasteiger partial charge in [0, 0.05) is 17.6 Å². The van der Waals surface area contributed by atoms with Crippen molar-refractivity contribution in [2.45, 2.75) is 4.90 Å². The summed E-state index contributed by atoms with van der Waals surface area (Å²) in [6, 6.07) is 13.7. The molecule has 1 N–H and O–H groups in total. The number of nitro groups is 1. The van der Waals surface area contributed by atoms with Gasteiger partial charge in [-0.3, -0.25) is 19.8 Å². The van der Waals surface area contributed by atoms with Gasteiger partial charge in [-0.05, 0) is 18.2 Å². The van der Waals surface area contributed by atoms with Crippen molar-refractivity contribution in [2.75, 3.05) is 4.72 Å². The number of rotatable bonds is 4. The highest BCUT2D eigenvalue weighted by molar-refractivity contribution is 7.92. The van der Waals surface area contributed by atoms with Crippen LogP contribution in [0.3, 0.4) is 0 Å². The zero-order chi connectivity index (χ0) is 16.4. The van der Waals surface area contributed by atoms with Crippen molar-refractivity contribution in [1.29, 1.82) is 0 Å². The molecule has 0 amide bonds. The molecule has 3 rings (SSSR count). The monoisotopic (exact) mass is 329 g/mol. The first-order chi connectivity index (χ1) is 11.0. The van der Waals surface area contributed by atoms with Crippen LogP contribution in [0.25, 0.3) is 10.9 Å². The van der Waals surface area contributed by atoms with E-state index in [0.29, 0.717) is 16.6 Å². The van der Waals surface area contributed by atoms with Crippen molar-refractivity contribution >= 4 is 32.3 Å². The average Bonchev–Trinajstić information content (AvgIpc) is 2.55. The molecule has 0 unspecified atom stereocenters. The third-order valence-corrected chi connectivity index (χ3v) is 4.66. The zero-order valence-corrected chi connectivity index (χ0v) is 12.5. The van der Waals surface area contributed by atoms with Crippen LogP contribution in [0.2, 0.25) is 0 Å². The van der Waals surface area contributed by atoms with Crippen molar-refractivity contribution in [3.8, 4) is 0 Å². The number of para-hydroxylation sites is 2. The third kappa shape index (κ3) is 2.84. The Labute approximate surface area is 131 Å². The minimum absolute atomic E-state index is 0.314. The van der Waals surface area contributed by atoms with Crippen molar-refractivity contribution in [3.63, 3.8) is 0 Å². The Balaban J connectivity index is 2.10. The fraction of sp³-hybridized carbons (Fsp3) is 0. The summed E-state index contributed by atoms with van der Waals surface area (Å²) in [4.78, 5) is 14.1. The topological polar surface area (TPSA) is 102 Å². The predicted molar refractivity (Wildman–Crippen MR) is 85.6 cm³/mol. The van der Waals surface area contributed by atoms with Crippen molar-refractivity contribution < 1.29 is 13.3 Å². The number of benzene rings is 2. The maximum absolute atomic E-state index is 12.5. The number of anilines is 1. The Bertz CT molecular complexity index is 997. The van der Waals surface area contributed by atoms with Crippen molar-refractivity contribution in [3.05, 3.63) is 70.9 Å². The summed E-state index contributed by atoms with van der Waals surface area (Å²) in [6.45, 7) is 0. The Hall–Kier alpha value is -3.00. The molecule has 7 nitrogen and oxygen atoms in total. The number of hydrogen-bond donors (Lipinski definition) is 1. The molecule has 1 heterocycles. The minimum Gasteiger partial charge on any atom is -0.279 e. The van der Waals surface area contributed by atoms with Crippen LogP contribution >= 0.6 is 0 Å². The number of pyridine rings is 1. The van der Waals surface area contributed by atoms with Crippen molar-refractivity contribution in [1.82, 2.24) is 4.98 Å². The molecule has 0 aliphatic carbocycles. The van der Waals surface area contributed by atoms with Gasteiger partial charge in [-0.15, -0.1) is 0 Å². The van der Waals surface area contributed by atoms with Gasteiger partial charge in [-0.1, -0.05) is 30.3 Å². The molecular formula is C15H11N3O4S. The van der Waals surface area contributed by atoms with E-state index in [1.165, 1.54) is 30.5 Å². The molecule has 0 saturated carbocycles. The number of nitrogens with zero attached hydrogens (tertiary/aromatic N) is 2. The first kappa shape index (κ1) is 14.9. The van der Waals surface area contributed by atoms with Gasteiger partial charge in [0.05, 0.1) is 16.1 Å². The van der Waals surface area contributed by atoms with Crippen LogP contribution in [-0.4, -0.2) is 18.3 Å². The fourth-order valence-electron chi connectivity index (χ4n) is 2.22. The van der Waals surface area contributed by atoms with Crippen LogP contribution in [0.1, 0.15) is 0 Å². The normalized spacial score (nSPS) is 11.3. The van der Waals surface area contributed by atoms with Crippen LogP contribution in [0, 0.1) is 10.1 Å². The minimum atomic E-state index is -4.10. The molecule has 0 radical (unpaired) electrons. The fourth-order valence-corrected chi connectivity index (χ4v) is 3.47. The molecule has 0 aliphatic rings. The van der Waals surface area contributed by atoms with E-state index in [4.69, 9.17) is 0 Å². The van der Waals surface area contributed by atoms with Gasteiger partial charge in [0.25, 0.3) is 15.7 Å². The summed E-state index contributed by atoms with van der Waals surface area (Å²) < 4.78 is 27.5. The van der Waals surface area contributed by atoms with E-state index in [1.54, 1.807) is 24.3 Å². The molecule has 0 aliphatic heterocycles. The number of nitro benzene ring substituents is 1. The Morgan fingerprint density at radius 1 is 1.00 bits per heavy atom. The molecule has 0 saturated heterocycles. The van der Waals surface area contributed by atoms with Gasteiger partial charge in [-0.25, -0.2) is 8.42 Å². The maximum Gasteiger partial charge on any atom is 0.289 e. The van der Waals surface area contributed by atoms with Gasteiger partial charge in [0.15, 0.2) is 4.90 Å². The summed E-state index contributed by atoms with van der Waals surface area (Å²) in [5.74, 6) is 0. The van der Waals surface area contributed by atoms with Gasteiger partial charge < -0.3 is 0 Å². The number of nitrogens with one attached hydrogen (secondary N) is 1. The molecule has 8 heteroatoms. The lowest BCUT2D eigenvalue weighted by Gasteiger charge is -2.10. The Morgan fingerprint density at radius 2 is 1.70 bits per heavy atom. The molecule has 116 valence electrons. The lowest BCUT2D eigenvalue weighted by atomic mass is 10.2. The van der Waals surface area contributed by atoms with E-state index in [2.05, 4.69) is 9.71 Å². The smallest absolute Gasteiger partial charge is 0.279 e. The molecule has 1 aromatic heterocycles. The van der Waals surface area contributed by atoms with Gasteiger partial charge in [-0.2, -0.15) is 0 Å². The maximum atomic E-state index is 12.5. The van der Waals surface area contributed by atoms with E-state index >= 15 is 0 Å². The van der Waals surface area contributed by atoms with E-state index in [-0.39, 0.29) is 4.90 Å². The first-order valence-electron chi connectivity index (χ1n) is 6.59. The molecule has 3 aromatic rings. The molecule has 0 fully saturated rings. The second-order valence-electron chi connectivity index (χ2n) is 4.71. The lowest BCUT2D eigenvalue weighted by molar-refractivity contribution is -0.387. The Kier molecular flexibility index (Phi) is 3.67. The van der Waals surface area contributed by atoms with Crippen LogP contribution in [0.5, 0.6) is 0 Å². The summed E-state index contributed by atoms with van der Waals surface area (Å²) >= 11 is 0. The van der Waals surface area contributed by atoms with Gasteiger partial charge in [0.1, 0.15) is 0 Å². The second kappa shape index (κ2) is 5.65. The highest BCUT2D eigenvalue weighted by atomic mass is 32.2. The molecule has 23 heavy (non-hydrogen) atoms. The standard InChI is InChI=1S/C15H11N3O4S/c19-18(20)14-7-3-4-8-15(14)23(21,22)17-13-9-10-16-12-6-2-1-5-11(12)13/h1-10H,(H,16,17). The van der Waals surface area contributed by atoms with E-state index < -0.39 is 20.6 Å². The summed E-state index contributed by atoms with van der Waals surface area (Å²) in [7, 11) is -4.10. The lowest BCUT2D eigenvalue weighted by Crippen LogP contribution is -2.15. The molecule has 2 aromatic carbocycles. The quantitative estimate of drug-likeness (QED) is 0.585. The van der Waals surface area contributed by atoms with Gasteiger partial charge >= 0.3 is 0 Å². The van der Waals surface area contributed by atoms with Gasteiger partial charge in [0.2, 0.25) is 0 Å². The van der Waals surface area contributed by atoms with E-state index in [9.17, 15) is 18.5 Å². The third-order valence-electron chi connectivity index (χ3n) is 3.24. The van der Waals surface area contributed by atoms with Crippen LogP contribution in [0.4, 0.5) is 11.4 Å². The summed E-state index contributed by atoms with van der Waals surface area (Å²) in [5, 5.41) is 11.6. The van der Waals surface area contributed by atoms with E-state index in [0.717, 1.165) is 6.07 Å². The van der Waals surface area contributed by atoms with Crippen LogP contribution in [0.15, 0.2) is 65.7 Å². The number of sulfonamides is 1. The average molecular weight is 329 g/mol. The molecular weight excluding hydrogens is 318 g/mol. The SMILES string of the molecule is O=[N+]([O-])c1ccccc1S(=O)(=O)Nc1ccnc2ccccc12. The first-order valence-corrected chi connectivity index (χ1v) is 8.07. The Morgan fingerprint density at radius 3 is 2.48 bits per heavy atom. The summed E-state index contributed by atoms with van der Waals surface area (Å²) in [5.41, 5.74) is 0.461. The highest BCUT2D eigenvalue weighted by Gasteiger charge is 2.25. The van der Waals surface area contributed by atoms with Crippen LogP contribution in [-0.2, 0) is 10.0 Å².